The SMILES string of the molecule is CC(=O)Nc1ccc(NC(=O)CSc2nnc(N3C(N)=C(C#N)C(c4ccccc4F)C4=C3CCCC4=O)s2)cc1. The molecule has 2 heterocycles. The number of halogens is 1. The Labute approximate surface area is 243 Å². The van der Waals surface area contributed by atoms with Gasteiger partial charge in [-0.2, -0.15) is 5.26 Å². The van der Waals surface area contributed by atoms with E-state index in [4.69, 9.17) is 5.73 Å². The van der Waals surface area contributed by atoms with Gasteiger partial charge in [-0.15, -0.1) is 10.2 Å². The van der Waals surface area contributed by atoms with Gasteiger partial charge in [-0.1, -0.05) is 41.3 Å². The monoisotopic (exact) mass is 589 g/mol. The third kappa shape index (κ3) is 5.84. The van der Waals surface area contributed by atoms with Crippen LogP contribution in [0.1, 0.15) is 37.7 Å². The molecule has 1 atom stereocenters. The van der Waals surface area contributed by atoms with Crippen LogP contribution in [0.3, 0.4) is 0 Å². The van der Waals surface area contributed by atoms with Crippen molar-refractivity contribution in [3.63, 3.8) is 0 Å². The Balaban J connectivity index is 1.36. The number of carbonyl (C=O) groups is 3. The highest BCUT2D eigenvalue weighted by molar-refractivity contribution is 8.01. The van der Waals surface area contributed by atoms with Crippen molar-refractivity contribution < 1.29 is 18.8 Å². The van der Waals surface area contributed by atoms with Crippen molar-refractivity contribution in [2.75, 3.05) is 21.3 Å². The largest absolute Gasteiger partial charge is 0.384 e. The molecule has 3 aromatic rings. The summed E-state index contributed by atoms with van der Waals surface area (Å²) in [6, 6.07) is 14.9. The van der Waals surface area contributed by atoms with E-state index in [9.17, 15) is 24.0 Å². The number of ketones is 1. The van der Waals surface area contributed by atoms with Crippen LogP contribution in [0.25, 0.3) is 0 Å². The fourth-order valence-corrected chi connectivity index (χ4v) is 6.52. The van der Waals surface area contributed by atoms with Crippen LogP contribution in [0.4, 0.5) is 20.9 Å². The lowest BCUT2D eigenvalue weighted by Crippen LogP contribution is -2.38. The molecule has 0 saturated carbocycles. The summed E-state index contributed by atoms with van der Waals surface area (Å²) in [7, 11) is 0. The average Bonchev–Trinajstić information content (AvgIpc) is 3.41. The summed E-state index contributed by atoms with van der Waals surface area (Å²) in [5.41, 5.74) is 8.92. The third-order valence-corrected chi connectivity index (χ3v) is 8.57. The molecule has 2 amide bonds. The molecule has 1 aromatic heterocycles. The normalized spacial score (nSPS) is 16.8. The molecular weight excluding hydrogens is 565 g/mol. The molecule has 2 aromatic carbocycles. The number of nitriles is 1. The fraction of sp³-hybridized carbons (Fsp3) is 0.214. The molecule has 208 valence electrons. The molecule has 5 rings (SSSR count). The number of benzene rings is 2. The van der Waals surface area contributed by atoms with Crippen molar-refractivity contribution >= 4 is 57.2 Å². The summed E-state index contributed by atoms with van der Waals surface area (Å²) in [6.45, 7) is 1.41. The van der Waals surface area contributed by atoms with Gasteiger partial charge in [0.1, 0.15) is 11.6 Å². The molecule has 0 spiro atoms. The van der Waals surface area contributed by atoms with Gasteiger partial charge >= 0.3 is 0 Å². The molecule has 1 unspecified atom stereocenters. The van der Waals surface area contributed by atoms with Crippen molar-refractivity contribution in [3.05, 3.63) is 82.6 Å². The summed E-state index contributed by atoms with van der Waals surface area (Å²) < 4.78 is 15.4. The van der Waals surface area contributed by atoms with Gasteiger partial charge in [0.05, 0.1) is 23.3 Å². The first-order valence-corrected chi connectivity index (χ1v) is 14.4. The summed E-state index contributed by atoms with van der Waals surface area (Å²) in [5, 5.41) is 24.3. The van der Waals surface area contributed by atoms with Crippen molar-refractivity contribution in [1.82, 2.24) is 10.2 Å². The number of carbonyl (C=O) groups excluding carboxylic acids is 3. The number of nitrogens with zero attached hydrogens (tertiary/aromatic N) is 4. The standard InChI is InChI=1S/C28H24FN7O3S2/c1-15(37)32-16-9-11-17(12-10-16)33-23(39)14-40-28-35-34-27(41-28)36-21-7-4-8-22(38)25(21)24(19(13-30)26(36)31)18-5-2-3-6-20(18)29/h2-3,5-6,9-12,24H,4,7-8,14,31H2,1H3,(H,32,37)(H,33,39). The Morgan fingerprint density at radius 3 is 2.54 bits per heavy atom. The Hall–Kier alpha value is -4.54. The van der Waals surface area contributed by atoms with Gasteiger partial charge in [0.15, 0.2) is 10.1 Å². The molecule has 0 radical (unpaired) electrons. The molecule has 0 saturated heterocycles. The summed E-state index contributed by atoms with van der Waals surface area (Å²) in [6.07, 6.45) is 1.37. The molecule has 41 heavy (non-hydrogen) atoms. The molecule has 4 N–H and O–H groups in total. The zero-order valence-electron chi connectivity index (χ0n) is 21.8. The van der Waals surface area contributed by atoms with Gasteiger partial charge in [-0.25, -0.2) is 4.39 Å². The van der Waals surface area contributed by atoms with E-state index in [2.05, 4.69) is 26.9 Å². The Kier molecular flexibility index (Phi) is 8.14. The molecule has 1 aliphatic carbocycles. The van der Waals surface area contributed by atoms with E-state index in [0.29, 0.717) is 51.4 Å². The van der Waals surface area contributed by atoms with Gasteiger partial charge in [0.25, 0.3) is 0 Å². The second-order valence-corrected chi connectivity index (χ2v) is 11.5. The lowest BCUT2D eigenvalue weighted by molar-refractivity contribution is -0.116. The van der Waals surface area contributed by atoms with E-state index in [1.807, 2.05) is 0 Å². The maximum absolute atomic E-state index is 14.9. The van der Waals surface area contributed by atoms with Gasteiger partial charge < -0.3 is 16.4 Å². The number of hydrogen-bond acceptors (Lipinski definition) is 10. The van der Waals surface area contributed by atoms with E-state index in [-0.39, 0.29) is 40.3 Å². The highest BCUT2D eigenvalue weighted by Crippen LogP contribution is 2.47. The predicted octanol–water partition coefficient (Wildman–Crippen LogP) is 4.67. The van der Waals surface area contributed by atoms with Crippen molar-refractivity contribution in [1.29, 1.82) is 5.26 Å². The average molecular weight is 590 g/mol. The van der Waals surface area contributed by atoms with Crippen LogP contribution in [0.2, 0.25) is 0 Å². The molecule has 2 aliphatic rings. The number of Topliss-reactive ketones (excluding diaryl/α,β-unsaturated/α-hetero) is 1. The van der Waals surface area contributed by atoms with Crippen LogP contribution < -0.4 is 21.3 Å². The Morgan fingerprint density at radius 1 is 1.15 bits per heavy atom. The number of anilines is 3. The number of hydrogen-bond donors (Lipinski definition) is 3. The Morgan fingerprint density at radius 2 is 1.85 bits per heavy atom. The minimum Gasteiger partial charge on any atom is -0.384 e. The second-order valence-electron chi connectivity index (χ2n) is 9.28. The quantitative estimate of drug-likeness (QED) is 0.334. The van der Waals surface area contributed by atoms with Crippen molar-refractivity contribution in [2.45, 2.75) is 36.4 Å². The Bertz CT molecular complexity index is 1640. The van der Waals surface area contributed by atoms with Crippen molar-refractivity contribution in [3.8, 4) is 6.07 Å². The number of amides is 2. The van der Waals surface area contributed by atoms with Gasteiger partial charge in [-0.05, 0) is 43.2 Å². The van der Waals surface area contributed by atoms with Crippen molar-refractivity contribution in [2.24, 2.45) is 5.73 Å². The topological polar surface area (TPSA) is 154 Å². The smallest absolute Gasteiger partial charge is 0.234 e. The third-order valence-electron chi connectivity index (χ3n) is 6.53. The molecule has 0 fully saturated rings. The highest BCUT2D eigenvalue weighted by atomic mass is 32.2. The fourth-order valence-electron chi connectivity index (χ4n) is 4.84. The van der Waals surface area contributed by atoms with Crippen LogP contribution in [-0.2, 0) is 14.4 Å². The highest BCUT2D eigenvalue weighted by Gasteiger charge is 2.42. The summed E-state index contributed by atoms with van der Waals surface area (Å²) >= 11 is 2.35. The maximum atomic E-state index is 14.9. The first-order chi connectivity index (χ1) is 19.8. The molecule has 10 nitrogen and oxygen atoms in total. The lowest BCUT2D eigenvalue weighted by atomic mass is 9.75. The predicted molar refractivity (Wildman–Crippen MR) is 154 cm³/mol. The van der Waals surface area contributed by atoms with Gasteiger partial charge in [0, 0.05) is 41.6 Å². The summed E-state index contributed by atoms with van der Waals surface area (Å²) in [5.74, 6) is -1.91. The van der Waals surface area contributed by atoms with E-state index >= 15 is 0 Å². The van der Waals surface area contributed by atoms with E-state index < -0.39 is 11.7 Å². The molecular formula is C28H24FN7O3S2. The number of thioether (sulfide) groups is 1. The van der Waals surface area contributed by atoms with Gasteiger partial charge in [0.2, 0.25) is 16.9 Å². The van der Waals surface area contributed by atoms with Gasteiger partial charge in [-0.3, -0.25) is 19.3 Å². The summed E-state index contributed by atoms with van der Waals surface area (Å²) in [4.78, 5) is 38.4. The van der Waals surface area contributed by atoms with E-state index in [1.54, 1.807) is 47.4 Å². The van der Waals surface area contributed by atoms with Crippen LogP contribution in [0.15, 0.2) is 75.5 Å². The number of allylic oxidation sites excluding steroid dienone is 3. The van der Waals surface area contributed by atoms with Crippen LogP contribution in [0, 0.1) is 17.1 Å². The number of rotatable bonds is 7. The number of nitrogens with one attached hydrogen (secondary N) is 2. The number of nitrogens with two attached hydrogens (primary N) is 1. The van der Waals surface area contributed by atoms with Crippen LogP contribution >= 0.6 is 23.1 Å². The zero-order valence-corrected chi connectivity index (χ0v) is 23.4. The second kappa shape index (κ2) is 11.9. The van der Waals surface area contributed by atoms with E-state index in [1.165, 1.54) is 36.1 Å². The first kappa shape index (κ1) is 28.0. The maximum Gasteiger partial charge on any atom is 0.234 e. The first-order valence-electron chi connectivity index (χ1n) is 12.6. The minimum absolute atomic E-state index is 0.0542. The molecule has 13 heteroatoms. The van der Waals surface area contributed by atoms with Crippen LogP contribution in [0.5, 0.6) is 0 Å². The molecule has 0 bridgehead atoms. The molecule has 1 aliphatic heterocycles. The number of aromatic nitrogens is 2. The minimum atomic E-state index is -0.905. The van der Waals surface area contributed by atoms with E-state index in [0.717, 1.165) is 0 Å². The zero-order chi connectivity index (χ0) is 29.1. The van der Waals surface area contributed by atoms with Crippen LogP contribution in [-0.4, -0.2) is 33.5 Å². The lowest BCUT2D eigenvalue weighted by Gasteiger charge is -2.38.